The monoisotopic (exact) mass is 357 g/mol. The number of carbonyl (C=O) groups excluding carboxylic acids is 2. The molecule has 24 heavy (non-hydrogen) atoms. The van der Waals surface area contributed by atoms with Crippen molar-refractivity contribution in [1.82, 2.24) is 25.2 Å². The van der Waals surface area contributed by atoms with Crippen LogP contribution in [0.4, 0.5) is 0 Å². The van der Waals surface area contributed by atoms with E-state index in [-0.39, 0.29) is 35.6 Å². The summed E-state index contributed by atoms with van der Waals surface area (Å²) in [4.78, 5) is 25.7. The lowest BCUT2D eigenvalue weighted by molar-refractivity contribution is -0.131. The van der Waals surface area contributed by atoms with Crippen molar-refractivity contribution in [3.8, 4) is 0 Å². The molecule has 1 aromatic rings. The summed E-state index contributed by atoms with van der Waals surface area (Å²) in [5.41, 5.74) is 0.114. The van der Waals surface area contributed by atoms with Gasteiger partial charge in [0.2, 0.25) is 5.91 Å². The van der Waals surface area contributed by atoms with Crippen molar-refractivity contribution in [2.75, 3.05) is 31.1 Å². The molecule has 10 heteroatoms. The molecule has 1 saturated heterocycles. The van der Waals surface area contributed by atoms with Crippen LogP contribution >= 0.6 is 0 Å². The number of amides is 2. The standard InChI is InChI=1S/C14H23N5O4S/c1-3-18(4-2)13(20)9-19-8-12(16-17-19)14(21)15-7-11-5-6-24(22,23)10-11/h8,11H,3-7,9-10H2,1-2H3,(H,15,21)/t11-/m0/s1. The van der Waals surface area contributed by atoms with Crippen LogP contribution in [0.1, 0.15) is 30.8 Å². The topological polar surface area (TPSA) is 114 Å². The molecule has 2 amide bonds. The first-order valence-electron chi connectivity index (χ1n) is 8.01. The van der Waals surface area contributed by atoms with Crippen LogP contribution in [0.5, 0.6) is 0 Å². The highest BCUT2D eigenvalue weighted by molar-refractivity contribution is 7.91. The molecular weight excluding hydrogens is 334 g/mol. The van der Waals surface area contributed by atoms with Crippen molar-refractivity contribution in [2.45, 2.75) is 26.8 Å². The summed E-state index contributed by atoms with van der Waals surface area (Å²) in [5, 5.41) is 10.2. The summed E-state index contributed by atoms with van der Waals surface area (Å²) < 4.78 is 24.1. The smallest absolute Gasteiger partial charge is 0.273 e. The number of hydrogen-bond acceptors (Lipinski definition) is 6. The van der Waals surface area contributed by atoms with E-state index < -0.39 is 15.7 Å². The van der Waals surface area contributed by atoms with Crippen molar-refractivity contribution in [3.05, 3.63) is 11.9 Å². The Bertz CT molecular complexity index is 696. The Morgan fingerprint density at radius 3 is 2.67 bits per heavy atom. The number of rotatable bonds is 7. The molecule has 0 bridgehead atoms. The molecule has 0 radical (unpaired) electrons. The average molecular weight is 357 g/mol. The second-order valence-corrected chi connectivity index (χ2v) is 8.08. The van der Waals surface area contributed by atoms with E-state index in [2.05, 4.69) is 15.6 Å². The number of likely N-dealkylation sites (N-methyl/N-ethyl adjacent to an activating group) is 1. The summed E-state index contributed by atoms with van der Waals surface area (Å²) in [6, 6.07) is 0. The van der Waals surface area contributed by atoms with Gasteiger partial charge in [-0.3, -0.25) is 9.59 Å². The largest absolute Gasteiger partial charge is 0.350 e. The molecule has 9 nitrogen and oxygen atoms in total. The molecular formula is C14H23N5O4S. The van der Waals surface area contributed by atoms with Crippen molar-refractivity contribution in [3.63, 3.8) is 0 Å². The van der Waals surface area contributed by atoms with Gasteiger partial charge < -0.3 is 10.2 Å². The first-order valence-corrected chi connectivity index (χ1v) is 9.83. The van der Waals surface area contributed by atoms with E-state index in [1.54, 1.807) is 4.90 Å². The van der Waals surface area contributed by atoms with Gasteiger partial charge in [-0.2, -0.15) is 0 Å². The van der Waals surface area contributed by atoms with E-state index in [0.29, 0.717) is 26.1 Å². The number of sulfone groups is 1. The van der Waals surface area contributed by atoms with Crippen molar-refractivity contribution >= 4 is 21.7 Å². The Morgan fingerprint density at radius 2 is 2.08 bits per heavy atom. The highest BCUT2D eigenvalue weighted by atomic mass is 32.2. The second-order valence-electron chi connectivity index (χ2n) is 5.85. The fourth-order valence-electron chi connectivity index (χ4n) is 2.66. The normalized spacial score (nSPS) is 19.2. The van der Waals surface area contributed by atoms with Crippen LogP contribution in [0.15, 0.2) is 6.20 Å². The van der Waals surface area contributed by atoms with Crippen LogP contribution < -0.4 is 5.32 Å². The summed E-state index contributed by atoms with van der Waals surface area (Å²) in [5.74, 6) is -0.276. The lowest BCUT2D eigenvalue weighted by Gasteiger charge is -2.17. The molecule has 0 spiro atoms. The third-order valence-electron chi connectivity index (χ3n) is 4.06. The van der Waals surface area contributed by atoms with Gasteiger partial charge in [-0.1, -0.05) is 5.21 Å². The Hall–Kier alpha value is -1.97. The first-order chi connectivity index (χ1) is 11.3. The summed E-state index contributed by atoms with van der Waals surface area (Å²) in [6.07, 6.45) is 1.98. The van der Waals surface area contributed by atoms with Crippen LogP contribution in [-0.4, -0.2) is 71.3 Å². The van der Waals surface area contributed by atoms with Gasteiger partial charge in [-0.15, -0.1) is 5.10 Å². The van der Waals surface area contributed by atoms with Crippen molar-refractivity contribution in [1.29, 1.82) is 0 Å². The molecule has 1 fully saturated rings. The number of hydrogen-bond donors (Lipinski definition) is 1. The molecule has 0 saturated carbocycles. The zero-order valence-corrected chi connectivity index (χ0v) is 14.8. The van der Waals surface area contributed by atoms with Crippen LogP contribution in [0.3, 0.4) is 0 Å². The number of carbonyl (C=O) groups is 2. The van der Waals surface area contributed by atoms with E-state index in [4.69, 9.17) is 0 Å². The SMILES string of the molecule is CCN(CC)C(=O)Cn1cc(C(=O)NC[C@@H]2CCS(=O)(=O)C2)nn1. The summed E-state index contributed by atoms with van der Waals surface area (Å²) >= 11 is 0. The lowest BCUT2D eigenvalue weighted by Crippen LogP contribution is -2.33. The maximum Gasteiger partial charge on any atom is 0.273 e. The van der Waals surface area contributed by atoms with Crippen molar-refractivity contribution in [2.24, 2.45) is 5.92 Å². The minimum Gasteiger partial charge on any atom is -0.350 e. The van der Waals surface area contributed by atoms with Gasteiger partial charge in [0.25, 0.3) is 5.91 Å². The number of nitrogens with one attached hydrogen (secondary N) is 1. The highest BCUT2D eigenvalue weighted by Crippen LogP contribution is 2.17. The average Bonchev–Trinajstić information content (AvgIpc) is 3.12. The second kappa shape index (κ2) is 7.73. The first kappa shape index (κ1) is 18.4. The van der Waals surface area contributed by atoms with Gasteiger partial charge in [-0.05, 0) is 26.2 Å². The van der Waals surface area contributed by atoms with E-state index >= 15 is 0 Å². The predicted octanol–water partition coefficient (Wildman–Crippen LogP) is -0.689. The third-order valence-corrected chi connectivity index (χ3v) is 5.90. The molecule has 0 aliphatic carbocycles. The van der Waals surface area contributed by atoms with Crippen LogP contribution in [-0.2, 0) is 21.2 Å². The van der Waals surface area contributed by atoms with Crippen LogP contribution in [0.2, 0.25) is 0 Å². The molecule has 1 atom stereocenters. The summed E-state index contributed by atoms with van der Waals surface area (Å²) in [6.45, 7) is 5.34. The highest BCUT2D eigenvalue weighted by Gasteiger charge is 2.28. The zero-order chi connectivity index (χ0) is 17.7. The maximum atomic E-state index is 12.0. The maximum absolute atomic E-state index is 12.0. The van der Waals surface area contributed by atoms with Gasteiger partial charge in [0.15, 0.2) is 15.5 Å². The van der Waals surface area contributed by atoms with E-state index in [0.717, 1.165) is 0 Å². The fourth-order valence-corrected chi connectivity index (χ4v) is 4.52. The van der Waals surface area contributed by atoms with Gasteiger partial charge >= 0.3 is 0 Å². The molecule has 2 rings (SSSR count). The number of nitrogens with zero attached hydrogens (tertiary/aromatic N) is 4. The Kier molecular flexibility index (Phi) is 5.92. The van der Waals surface area contributed by atoms with Crippen LogP contribution in [0.25, 0.3) is 0 Å². The quantitative estimate of drug-likeness (QED) is 0.691. The molecule has 1 N–H and O–H groups in total. The molecule has 1 aliphatic heterocycles. The van der Waals surface area contributed by atoms with E-state index in [1.165, 1.54) is 10.9 Å². The zero-order valence-electron chi connectivity index (χ0n) is 13.9. The Morgan fingerprint density at radius 1 is 1.38 bits per heavy atom. The summed E-state index contributed by atoms with van der Waals surface area (Å²) in [7, 11) is -2.96. The third kappa shape index (κ3) is 4.76. The molecule has 1 aromatic heterocycles. The van der Waals surface area contributed by atoms with E-state index in [1.807, 2.05) is 13.8 Å². The fraction of sp³-hybridized carbons (Fsp3) is 0.714. The molecule has 1 aliphatic rings. The van der Waals surface area contributed by atoms with E-state index in [9.17, 15) is 18.0 Å². The minimum absolute atomic E-state index is 0.0306. The Labute approximate surface area is 141 Å². The molecule has 0 unspecified atom stereocenters. The molecule has 0 aromatic carbocycles. The number of aromatic nitrogens is 3. The molecule has 134 valence electrons. The van der Waals surface area contributed by atoms with Gasteiger partial charge in [-0.25, -0.2) is 13.1 Å². The van der Waals surface area contributed by atoms with Gasteiger partial charge in [0.05, 0.1) is 17.7 Å². The molecule has 2 heterocycles. The van der Waals surface area contributed by atoms with Crippen molar-refractivity contribution < 1.29 is 18.0 Å². The van der Waals surface area contributed by atoms with Gasteiger partial charge in [0, 0.05) is 19.6 Å². The lowest BCUT2D eigenvalue weighted by atomic mass is 10.1. The van der Waals surface area contributed by atoms with Gasteiger partial charge in [0.1, 0.15) is 6.54 Å². The minimum atomic E-state index is -2.96. The van der Waals surface area contributed by atoms with Crippen LogP contribution in [0, 0.1) is 5.92 Å². The Balaban J connectivity index is 1.86. The predicted molar refractivity (Wildman–Crippen MR) is 87.0 cm³/mol.